The van der Waals surface area contributed by atoms with E-state index in [1.165, 1.54) is 19.4 Å². The first-order valence-electron chi connectivity index (χ1n) is 4.43. The Morgan fingerprint density at radius 3 is 2.80 bits per heavy atom. The van der Waals surface area contributed by atoms with Crippen LogP contribution in [0.25, 0.3) is 12.8 Å². The fourth-order valence-corrected chi connectivity index (χ4v) is 0.941. The zero-order valence-corrected chi connectivity index (χ0v) is 9.03. The molecule has 0 N–H and O–H groups in total. The van der Waals surface area contributed by atoms with E-state index >= 15 is 0 Å². The predicted octanol–water partition coefficient (Wildman–Crippen LogP) is 0.695. The van der Waals surface area contributed by atoms with Crippen LogP contribution in [0.3, 0.4) is 0 Å². The topological polar surface area (TPSA) is 51.8 Å². The van der Waals surface area contributed by atoms with Crippen LogP contribution in [0, 0.1) is 0 Å². The maximum absolute atomic E-state index is 11.1. The van der Waals surface area contributed by atoms with Gasteiger partial charge in [0.2, 0.25) is 5.76 Å². The van der Waals surface area contributed by atoms with Crippen molar-refractivity contribution < 1.29 is 13.9 Å². The fourth-order valence-electron chi connectivity index (χ4n) is 0.941. The second-order valence-electron chi connectivity index (χ2n) is 3.20. The number of nitrogens with zero attached hydrogens (tertiary/aromatic N) is 1. The monoisotopic (exact) mass is 207 g/mol. The molecule has 15 heavy (non-hydrogen) atoms. The fraction of sp³-hybridized carbons (Fsp3) is 0.273. The number of carbonyl (C=O) groups is 1. The molecule has 1 heterocycles. The minimum absolute atomic E-state index is 0.137. The molecule has 0 aliphatic heterocycles. The molecular formula is C11H13NO3. The van der Waals surface area contributed by atoms with E-state index in [0.717, 1.165) is 5.71 Å². The number of rotatable bonds is 2. The van der Waals surface area contributed by atoms with Crippen LogP contribution in [0.1, 0.15) is 24.4 Å². The third-order valence-electron chi connectivity index (χ3n) is 1.67. The molecule has 0 fully saturated rings. The lowest BCUT2D eigenvalue weighted by atomic mass is 10.4. The zero-order chi connectivity index (χ0) is 11.4. The van der Waals surface area contributed by atoms with Crippen LogP contribution < -0.4 is 10.6 Å². The summed E-state index contributed by atoms with van der Waals surface area (Å²) in [7, 11) is 1.30. The van der Waals surface area contributed by atoms with Crippen molar-refractivity contribution in [1.29, 1.82) is 0 Å². The zero-order valence-electron chi connectivity index (χ0n) is 9.03. The van der Waals surface area contributed by atoms with Gasteiger partial charge in [-0.2, -0.15) is 0 Å². The molecule has 0 bridgehead atoms. The van der Waals surface area contributed by atoms with Crippen LogP contribution >= 0.6 is 0 Å². The first kappa shape index (κ1) is 11.2. The van der Waals surface area contributed by atoms with Gasteiger partial charge in [-0.1, -0.05) is 6.58 Å². The maximum Gasteiger partial charge on any atom is 0.373 e. The summed E-state index contributed by atoms with van der Waals surface area (Å²) in [5.41, 5.74) is 1.36. The highest BCUT2D eigenvalue weighted by Gasteiger charge is 2.09. The van der Waals surface area contributed by atoms with Crippen LogP contribution in [0.5, 0.6) is 0 Å². The van der Waals surface area contributed by atoms with E-state index in [9.17, 15) is 4.79 Å². The highest BCUT2D eigenvalue weighted by molar-refractivity contribution is 5.86. The molecule has 1 rings (SSSR count). The number of furan rings is 1. The van der Waals surface area contributed by atoms with Gasteiger partial charge in [-0.15, -0.1) is 0 Å². The van der Waals surface area contributed by atoms with Gasteiger partial charge in [-0.05, 0) is 19.9 Å². The third-order valence-corrected chi connectivity index (χ3v) is 1.67. The lowest BCUT2D eigenvalue weighted by Crippen LogP contribution is -2.16. The van der Waals surface area contributed by atoms with Crippen molar-refractivity contribution in [3.8, 4) is 0 Å². The van der Waals surface area contributed by atoms with Crippen LogP contribution in [0.4, 0.5) is 0 Å². The summed E-state index contributed by atoms with van der Waals surface area (Å²) in [5.74, 6) is -0.380. The average Bonchev–Trinajstić information content (AvgIpc) is 2.55. The summed E-state index contributed by atoms with van der Waals surface area (Å²) in [4.78, 5) is 15.2. The number of hydrogen-bond acceptors (Lipinski definition) is 4. The van der Waals surface area contributed by atoms with Gasteiger partial charge in [-0.25, -0.2) is 4.79 Å². The number of carbonyl (C=O) groups excluding carboxylic acids is 1. The molecule has 0 saturated heterocycles. The van der Waals surface area contributed by atoms with E-state index < -0.39 is 5.97 Å². The SMILES string of the molecule is C=c1cc(C(=O)OC)o/c1=C/N=C(C)C. The normalized spacial score (nSPS) is 11.3. The second kappa shape index (κ2) is 4.59. The number of ether oxygens (including phenoxy) is 1. The number of hydrogen-bond donors (Lipinski definition) is 0. The van der Waals surface area contributed by atoms with Crippen LogP contribution in [-0.4, -0.2) is 18.8 Å². The van der Waals surface area contributed by atoms with Gasteiger partial charge in [0.15, 0.2) is 5.42 Å². The lowest BCUT2D eigenvalue weighted by molar-refractivity contribution is 0.0563. The lowest BCUT2D eigenvalue weighted by Gasteiger charge is -1.90. The Bertz CT molecular complexity index is 492. The summed E-state index contributed by atoms with van der Waals surface area (Å²) in [5, 5.41) is 0.611. The van der Waals surface area contributed by atoms with E-state index in [1.807, 2.05) is 13.8 Å². The van der Waals surface area contributed by atoms with Gasteiger partial charge in [0.05, 0.1) is 13.3 Å². The first-order chi connectivity index (χ1) is 7.04. The third kappa shape index (κ3) is 2.80. The number of methoxy groups -OCH3 is 1. The van der Waals surface area contributed by atoms with Crippen LogP contribution in [0.2, 0.25) is 0 Å². The minimum Gasteiger partial charge on any atom is -0.463 e. The Balaban J connectivity index is 3.18. The van der Waals surface area contributed by atoms with Gasteiger partial charge in [0, 0.05) is 10.9 Å². The molecule has 0 aliphatic carbocycles. The molecule has 0 amide bonds. The van der Waals surface area contributed by atoms with Crippen molar-refractivity contribution in [1.82, 2.24) is 0 Å². The molecule has 0 aliphatic rings. The first-order valence-corrected chi connectivity index (χ1v) is 4.43. The summed E-state index contributed by atoms with van der Waals surface area (Å²) < 4.78 is 9.74. The predicted molar refractivity (Wildman–Crippen MR) is 58.1 cm³/mol. The van der Waals surface area contributed by atoms with Crippen LogP contribution in [0.15, 0.2) is 15.5 Å². The molecule has 0 atom stereocenters. The minimum atomic E-state index is -0.517. The highest BCUT2D eigenvalue weighted by atomic mass is 16.5. The Morgan fingerprint density at radius 2 is 2.27 bits per heavy atom. The van der Waals surface area contributed by atoms with Crippen molar-refractivity contribution in [2.45, 2.75) is 13.8 Å². The van der Waals surface area contributed by atoms with Gasteiger partial charge in [0.1, 0.15) is 0 Å². The standard InChI is InChI=1S/C11H13NO3/c1-7(2)12-6-10-8(3)5-9(15-10)11(13)14-4/h5-6H,3H2,1-2,4H3/b10-6+. The Hall–Kier alpha value is -1.84. The molecule has 0 unspecified atom stereocenters. The van der Waals surface area contributed by atoms with Gasteiger partial charge < -0.3 is 9.15 Å². The van der Waals surface area contributed by atoms with E-state index in [4.69, 9.17) is 4.42 Å². The van der Waals surface area contributed by atoms with E-state index in [-0.39, 0.29) is 5.76 Å². The molecule has 0 aromatic carbocycles. The van der Waals surface area contributed by atoms with E-state index in [2.05, 4.69) is 16.3 Å². The summed E-state index contributed by atoms with van der Waals surface area (Å²) in [6, 6.07) is 1.53. The van der Waals surface area contributed by atoms with Gasteiger partial charge in [-0.3, -0.25) is 4.99 Å². The quantitative estimate of drug-likeness (QED) is 0.529. The molecule has 80 valence electrons. The number of aliphatic imine (C=N–C) groups is 1. The van der Waals surface area contributed by atoms with Crippen molar-refractivity contribution >= 4 is 24.5 Å². The largest absolute Gasteiger partial charge is 0.463 e. The molecular weight excluding hydrogens is 194 g/mol. The van der Waals surface area contributed by atoms with Crippen molar-refractivity contribution in [3.63, 3.8) is 0 Å². The Labute approximate surface area is 87.6 Å². The van der Waals surface area contributed by atoms with Crippen molar-refractivity contribution in [2.24, 2.45) is 4.99 Å². The van der Waals surface area contributed by atoms with Crippen molar-refractivity contribution in [3.05, 3.63) is 22.5 Å². The molecule has 1 aromatic heterocycles. The Morgan fingerprint density at radius 1 is 1.60 bits per heavy atom. The van der Waals surface area contributed by atoms with E-state index in [1.54, 1.807) is 0 Å². The second-order valence-corrected chi connectivity index (χ2v) is 3.20. The average molecular weight is 207 g/mol. The molecule has 1 aromatic rings. The Kier molecular flexibility index (Phi) is 3.44. The highest BCUT2D eigenvalue weighted by Crippen LogP contribution is 1.93. The summed E-state index contributed by atoms with van der Waals surface area (Å²) in [6.45, 7) is 7.46. The summed E-state index contributed by atoms with van der Waals surface area (Å²) >= 11 is 0. The maximum atomic E-state index is 11.1. The van der Waals surface area contributed by atoms with Crippen LogP contribution in [-0.2, 0) is 4.74 Å². The molecule has 4 nitrogen and oxygen atoms in total. The molecule has 0 radical (unpaired) electrons. The smallest absolute Gasteiger partial charge is 0.373 e. The number of esters is 1. The molecule has 4 heteroatoms. The van der Waals surface area contributed by atoms with Gasteiger partial charge >= 0.3 is 5.97 Å². The van der Waals surface area contributed by atoms with Gasteiger partial charge in [0.25, 0.3) is 0 Å². The molecule has 0 spiro atoms. The van der Waals surface area contributed by atoms with Crippen molar-refractivity contribution in [2.75, 3.05) is 7.11 Å². The van der Waals surface area contributed by atoms with E-state index in [0.29, 0.717) is 10.6 Å². The molecule has 0 saturated carbocycles. The summed E-state index contributed by atoms with van der Waals surface area (Å²) in [6.07, 6.45) is 1.53.